The van der Waals surface area contributed by atoms with Gasteiger partial charge < -0.3 is 4.74 Å². The molecule has 0 saturated carbocycles. The summed E-state index contributed by atoms with van der Waals surface area (Å²) in [4.78, 5) is 0.246. The second kappa shape index (κ2) is 7.04. The summed E-state index contributed by atoms with van der Waals surface area (Å²) in [5.41, 5.74) is 0.677. The van der Waals surface area contributed by atoms with Crippen LogP contribution >= 0.6 is 11.6 Å². The van der Waals surface area contributed by atoms with E-state index in [9.17, 15) is 8.42 Å². The van der Waals surface area contributed by atoms with Gasteiger partial charge in [-0.2, -0.15) is 9.40 Å². The Morgan fingerprint density at radius 2 is 2.17 bits per heavy atom. The van der Waals surface area contributed by atoms with E-state index in [2.05, 4.69) is 10.2 Å². The van der Waals surface area contributed by atoms with Crippen molar-refractivity contribution in [3.05, 3.63) is 47.1 Å². The molecule has 0 N–H and O–H groups in total. The molecule has 2 heterocycles. The Kier molecular flexibility index (Phi) is 5.03. The van der Waals surface area contributed by atoms with Crippen LogP contribution in [0.4, 0.5) is 0 Å². The molecule has 1 aliphatic rings. The number of sulfonamides is 1. The fourth-order valence-electron chi connectivity index (χ4n) is 2.73. The van der Waals surface area contributed by atoms with Gasteiger partial charge in [0.05, 0.1) is 11.4 Å². The molecule has 1 atom stereocenters. The maximum absolute atomic E-state index is 12.9. The summed E-state index contributed by atoms with van der Waals surface area (Å²) in [7, 11) is -3.61. The summed E-state index contributed by atoms with van der Waals surface area (Å²) in [5.74, 6) is 0.403. The number of ether oxygens (including phenoxy) is 1. The van der Waals surface area contributed by atoms with Crippen LogP contribution in [0.5, 0.6) is 5.88 Å². The maximum Gasteiger partial charge on any atom is 0.243 e. The van der Waals surface area contributed by atoms with Crippen molar-refractivity contribution in [2.75, 3.05) is 13.1 Å². The molecule has 0 aliphatic carbocycles. The smallest absolute Gasteiger partial charge is 0.243 e. The summed E-state index contributed by atoms with van der Waals surface area (Å²) < 4.78 is 33.1. The SMILES string of the molecule is Cc1ccc(Cl)cc1S(=O)(=O)N1CCCC(Oc2cccnn2)C1. The quantitative estimate of drug-likeness (QED) is 0.830. The molecule has 1 aliphatic heterocycles. The minimum absolute atomic E-state index is 0.246. The Morgan fingerprint density at radius 3 is 2.92 bits per heavy atom. The Bertz CT molecular complexity index is 815. The molecule has 1 saturated heterocycles. The van der Waals surface area contributed by atoms with Crippen LogP contribution in [0.25, 0.3) is 0 Å². The van der Waals surface area contributed by atoms with Crippen molar-refractivity contribution in [1.82, 2.24) is 14.5 Å². The summed E-state index contributed by atoms with van der Waals surface area (Å²) in [6, 6.07) is 8.34. The fourth-order valence-corrected chi connectivity index (χ4v) is 4.73. The van der Waals surface area contributed by atoms with E-state index in [1.54, 1.807) is 37.4 Å². The van der Waals surface area contributed by atoms with E-state index in [-0.39, 0.29) is 17.5 Å². The molecule has 0 amide bonds. The first-order valence-electron chi connectivity index (χ1n) is 7.67. The number of piperidine rings is 1. The molecule has 24 heavy (non-hydrogen) atoms. The highest BCUT2D eigenvalue weighted by molar-refractivity contribution is 7.89. The van der Waals surface area contributed by atoms with Crippen LogP contribution in [0.2, 0.25) is 5.02 Å². The van der Waals surface area contributed by atoms with Gasteiger partial charge in [-0.25, -0.2) is 8.42 Å². The molecule has 6 nitrogen and oxygen atoms in total. The lowest BCUT2D eigenvalue weighted by molar-refractivity contribution is 0.123. The van der Waals surface area contributed by atoms with Gasteiger partial charge in [0.15, 0.2) is 0 Å². The lowest BCUT2D eigenvalue weighted by atomic mass is 10.1. The molecule has 1 aromatic heterocycles. The molecule has 128 valence electrons. The Hall–Kier alpha value is -1.70. The normalized spacial score (nSPS) is 19.2. The maximum atomic E-state index is 12.9. The van der Waals surface area contributed by atoms with E-state index in [4.69, 9.17) is 16.3 Å². The van der Waals surface area contributed by atoms with Crippen molar-refractivity contribution >= 4 is 21.6 Å². The molecule has 0 bridgehead atoms. The number of rotatable bonds is 4. The van der Waals surface area contributed by atoms with E-state index < -0.39 is 10.0 Å². The predicted molar refractivity (Wildman–Crippen MR) is 90.6 cm³/mol. The zero-order chi connectivity index (χ0) is 17.2. The molecular formula is C16H18ClN3O3S. The number of benzene rings is 1. The third kappa shape index (κ3) is 3.68. The van der Waals surface area contributed by atoms with E-state index in [1.165, 1.54) is 10.4 Å². The van der Waals surface area contributed by atoms with Gasteiger partial charge in [0.1, 0.15) is 6.10 Å². The third-order valence-corrected chi connectivity index (χ3v) is 6.19. The van der Waals surface area contributed by atoms with E-state index >= 15 is 0 Å². The molecule has 8 heteroatoms. The van der Waals surface area contributed by atoms with Gasteiger partial charge in [-0.3, -0.25) is 0 Å². The highest BCUT2D eigenvalue weighted by atomic mass is 35.5. The molecule has 0 spiro atoms. The first kappa shape index (κ1) is 17.1. The molecule has 3 rings (SSSR count). The van der Waals surface area contributed by atoms with Gasteiger partial charge in [0, 0.05) is 23.8 Å². The average molecular weight is 368 g/mol. The van der Waals surface area contributed by atoms with E-state index in [0.717, 1.165) is 12.8 Å². The van der Waals surface area contributed by atoms with Crippen molar-refractivity contribution < 1.29 is 13.2 Å². The largest absolute Gasteiger partial charge is 0.472 e. The number of hydrogen-bond acceptors (Lipinski definition) is 5. The Balaban J connectivity index is 1.79. The van der Waals surface area contributed by atoms with Crippen LogP contribution < -0.4 is 4.74 Å². The van der Waals surface area contributed by atoms with Crippen LogP contribution in [-0.2, 0) is 10.0 Å². The second-order valence-electron chi connectivity index (χ2n) is 5.72. The highest BCUT2D eigenvalue weighted by Crippen LogP contribution is 2.27. The van der Waals surface area contributed by atoms with E-state index in [0.29, 0.717) is 23.0 Å². The van der Waals surface area contributed by atoms with Crippen LogP contribution in [0.3, 0.4) is 0 Å². The first-order chi connectivity index (χ1) is 11.5. The van der Waals surface area contributed by atoms with Gasteiger partial charge in [-0.05, 0) is 43.5 Å². The number of hydrogen-bond donors (Lipinski definition) is 0. The molecule has 1 fully saturated rings. The van der Waals surface area contributed by atoms with Crippen LogP contribution in [0.1, 0.15) is 18.4 Å². The first-order valence-corrected chi connectivity index (χ1v) is 9.49. The van der Waals surface area contributed by atoms with Gasteiger partial charge in [0.2, 0.25) is 15.9 Å². The zero-order valence-electron chi connectivity index (χ0n) is 13.2. The monoisotopic (exact) mass is 367 g/mol. The van der Waals surface area contributed by atoms with Gasteiger partial charge in [-0.1, -0.05) is 17.7 Å². The molecule has 0 radical (unpaired) electrons. The summed E-state index contributed by atoms with van der Waals surface area (Å²) in [5, 5.41) is 8.06. The minimum Gasteiger partial charge on any atom is -0.472 e. The summed E-state index contributed by atoms with van der Waals surface area (Å²) in [6.07, 6.45) is 2.82. The van der Waals surface area contributed by atoms with Crippen molar-refractivity contribution in [1.29, 1.82) is 0 Å². The lowest BCUT2D eigenvalue weighted by Gasteiger charge is -2.32. The Morgan fingerprint density at radius 1 is 1.33 bits per heavy atom. The van der Waals surface area contributed by atoms with E-state index in [1.807, 2.05) is 0 Å². The van der Waals surface area contributed by atoms with Crippen LogP contribution in [-0.4, -0.2) is 42.1 Å². The van der Waals surface area contributed by atoms with Crippen molar-refractivity contribution in [2.24, 2.45) is 0 Å². The highest BCUT2D eigenvalue weighted by Gasteiger charge is 2.32. The van der Waals surface area contributed by atoms with Crippen molar-refractivity contribution in [3.8, 4) is 5.88 Å². The number of aromatic nitrogens is 2. The van der Waals surface area contributed by atoms with Gasteiger partial charge in [-0.15, -0.1) is 5.10 Å². The fraction of sp³-hybridized carbons (Fsp3) is 0.375. The minimum atomic E-state index is -3.61. The van der Waals surface area contributed by atoms with Crippen LogP contribution in [0.15, 0.2) is 41.4 Å². The standard InChI is InChI=1S/C16H18ClN3O3S/c1-12-6-7-13(17)10-15(12)24(21,22)20-9-3-4-14(11-20)23-16-5-2-8-18-19-16/h2,5-8,10,14H,3-4,9,11H2,1H3. The average Bonchev–Trinajstić information content (AvgIpc) is 2.58. The van der Waals surface area contributed by atoms with Gasteiger partial charge >= 0.3 is 0 Å². The predicted octanol–water partition coefficient (Wildman–Crippen LogP) is 2.67. The number of halogens is 1. The number of aryl methyl sites for hydroxylation is 1. The summed E-state index contributed by atoms with van der Waals surface area (Å²) in [6.45, 7) is 2.51. The Labute approximate surface area is 146 Å². The second-order valence-corrected chi connectivity index (χ2v) is 8.06. The topological polar surface area (TPSA) is 72.4 Å². The molecular weight excluding hydrogens is 350 g/mol. The molecule has 1 aromatic carbocycles. The van der Waals surface area contributed by atoms with Crippen LogP contribution in [0, 0.1) is 6.92 Å². The lowest BCUT2D eigenvalue weighted by Crippen LogP contribution is -2.44. The number of nitrogens with zero attached hydrogens (tertiary/aromatic N) is 3. The third-order valence-electron chi connectivity index (χ3n) is 3.94. The molecule has 2 aromatic rings. The zero-order valence-corrected chi connectivity index (χ0v) is 14.8. The molecule has 1 unspecified atom stereocenters. The van der Waals surface area contributed by atoms with Gasteiger partial charge in [0.25, 0.3) is 0 Å². The van der Waals surface area contributed by atoms with Crippen molar-refractivity contribution in [3.63, 3.8) is 0 Å². The van der Waals surface area contributed by atoms with Crippen molar-refractivity contribution in [2.45, 2.75) is 30.8 Å². The summed E-state index contributed by atoms with van der Waals surface area (Å²) >= 11 is 5.97.